The second kappa shape index (κ2) is 4.13. The zero-order valence-electron chi connectivity index (χ0n) is 9.90. The normalized spacial score (nSPS) is 19.2. The predicted octanol–water partition coefficient (Wildman–Crippen LogP) is 2.58. The summed E-state index contributed by atoms with van der Waals surface area (Å²) in [5.41, 5.74) is 2.09. The Labute approximate surface area is 96.7 Å². The van der Waals surface area contributed by atoms with E-state index in [9.17, 15) is 0 Å². The van der Waals surface area contributed by atoms with Gasteiger partial charge in [-0.25, -0.2) is 4.98 Å². The smallest absolute Gasteiger partial charge is 0.140 e. The number of rotatable bonds is 1. The van der Waals surface area contributed by atoms with Crippen LogP contribution in [0.3, 0.4) is 0 Å². The Morgan fingerprint density at radius 1 is 1.31 bits per heavy atom. The number of nitrogens with zero attached hydrogens (tertiary/aromatic N) is 3. The Morgan fingerprint density at radius 2 is 2.00 bits per heavy atom. The third-order valence-corrected chi connectivity index (χ3v) is 3.34. The zero-order valence-corrected chi connectivity index (χ0v) is 9.90. The molecule has 0 aromatic carbocycles. The fourth-order valence-corrected chi connectivity index (χ4v) is 2.01. The highest BCUT2D eigenvalue weighted by molar-refractivity contribution is 5.46. The molecule has 0 amide bonds. The number of pyridine rings is 1. The first-order valence-electron chi connectivity index (χ1n) is 5.72. The van der Waals surface area contributed by atoms with Gasteiger partial charge in [0.15, 0.2) is 0 Å². The standard InChI is InChI=1S/C13H17N3/c1-13(2)5-7-16(8-6-13)12-4-3-11(9-14)15-10-12/h3-4,10H,5-8H2,1-2H3. The van der Waals surface area contributed by atoms with Crippen molar-refractivity contribution in [2.24, 2.45) is 5.41 Å². The van der Waals surface area contributed by atoms with Gasteiger partial charge in [0.2, 0.25) is 0 Å². The van der Waals surface area contributed by atoms with Gasteiger partial charge in [0.05, 0.1) is 11.9 Å². The molecule has 84 valence electrons. The van der Waals surface area contributed by atoms with Crippen molar-refractivity contribution in [1.29, 1.82) is 5.26 Å². The molecule has 1 aliphatic rings. The molecule has 1 aromatic rings. The van der Waals surface area contributed by atoms with E-state index in [1.54, 1.807) is 12.3 Å². The maximum atomic E-state index is 8.68. The third-order valence-electron chi connectivity index (χ3n) is 3.34. The lowest BCUT2D eigenvalue weighted by Gasteiger charge is -2.38. The van der Waals surface area contributed by atoms with Crippen LogP contribution in [-0.4, -0.2) is 18.1 Å². The molecule has 1 saturated heterocycles. The first-order valence-corrected chi connectivity index (χ1v) is 5.72. The van der Waals surface area contributed by atoms with Gasteiger partial charge in [0, 0.05) is 13.1 Å². The molecular weight excluding hydrogens is 198 g/mol. The summed E-state index contributed by atoms with van der Waals surface area (Å²) < 4.78 is 0. The number of anilines is 1. The zero-order chi connectivity index (χ0) is 11.6. The number of hydrogen-bond donors (Lipinski definition) is 0. The van der Waals surface area contributed by atoms with Gasteiger partial charge in [0.25, 0.3) is 0 Å². The summed E-state index contributed by atoms with van der Waals surface area (Å²) in [7, 11) is 0. The van der Waals surface area contributed by atoms with Crippen LogP contribution in [0, 0.1) is 16.7 Å². The minimum absolute atomic E-state index is 0.469. The lowest BCUT2D eigenvalue weighted by atomic mass is 9.82. The summed E-state index contributed by atoms with van der Waals surface area (Å²) in [6, 6.07) is 5.82. The van der Waals surface area contributed by atoms with Crippen molar-refractivity contribution in [3.05, 3.63) is 24.0 Å². The van der Waals surface area contributed by atoms with Gasteiger partial charge in [-0.3, -0.25) is 0 Å². The van der Waals surface area contributed by atoms with E-state index in [-0.39, 0.29) is 0 Å². The van der Waals surface area contributed by atoms with E-state index < -0.39 is 0 Å². The first-order chi connectivity index (χ1) is 7.61. The van der Waals surface area contributed by atoms with Crippen molar-refractivity contribution in [2.75, 3.05) is 18.0 Å². The summed E-state index contributed by atoms with van der Waals surface area (Å²) in [5.74, 6) is 0. The van der Waals surface area contributed by atoms with Crippen LogP contribution in [0.5, 0.6) is 0 Å². The number of aromatic nitrogens is 1. The van der Waals surface area contributed by atoms with Crippen LogP contribution >= 0.6 is 0 Å². The maximum Gasteiger partial charge on any atom is 0.140 e. The summed E-state index contributed by atoms with van der Waals surface area (Å²) in [6.07, 6.45) is 4.23. The minimum atomic E-state index is 0.469. The monoisotopic (exact) mass is 215 g/mol. The molecule has 0 saturated carbocycles. The highest BCUT2D eigenvalue weighted by atomic mass is 15.1. The van der Waals surface area contributed by atoms with E-state index in [0.717, 1.165) is 18.8 Å². The van der Waals surface area contributed by atoms with Crippen molar-refractivity contribution in [1.82, 2.24) is 4.98 Å². The van der Waals surface area contributed by atoms with Crippen LogP contribution in [0.25, 0.3) is 0 Å². The largest absolute Gasteiger partial charge is 0.370 e. The fourth-order valence-electron chi connectivity index (χ4n) is 2.01. The van der Waals surface area contributed by atoms with Crippen LogP contribution in [0.1, 0.15) is 32.4 Å². The molecule has 2 rings (SSSR count). The molecule has 0 atom stereocenters. The summed E-state index contributed by atoms with van der Waals surface area (Å²) in [4.78, 5) is 6.45. The SMILES string of the molecule is CC1(C)CCN(c2ccc(C#N)nc2)CC1. The van der Waals surface area contributed by atoms with Gasteiger partial charge in [-0.15, -0.1) is 0 Å². The fraction of sp³-hybridized carbons (Fsp3) is 0.538. The quantitative estimate of drug-likeness (QED) is 0.723. The topological polar surface area (TPSA) is 39.9 Å². The van der Waals surface area contributed by atoms with E-state index in [0.29, 0.717) is 11.1 Å². The lowest BCUT2D eigenvalue weighted by Crippen LogP contribution is -2.37. The molecule has 3 nitrogen and oxygen atoms in total. The van der Waals surface area contributed by atoms with Crippen molar-refractivity contribution < 1.29 is 0 Å². The highest BCUT2D eigenvalue weighted by Gasteiger charge is 2.25. The molecule has 0 bridgehead atoms. The van der Waals surface area contributed by atoms with Gasteiger partial charge in [0.1, 0.15) is 11.8 Å². The number of piperidine rings is 1. The van der Waals surface area contributed by atoms with Gasteiger partial charge >= 0.3 is 0 Å². The number of hydrogen-bond acceptors (Lipinski definition) is 3. The second-order valence-electron chi connectivity index (χ2n) is 5.16. The third kappa shape index (κ3) is 2.33. The summed E-state index contributed by atoms with van der Waals surface area (Å²) in [6.45, 7) is 6.81. The Bertz CT molecular complexity index is 390. The van der Waals surface area contributed by atoms with Gasteiger partial charge in [-0.2, -0.15) is 5.26 Å². The summed E-state index contributed by atoms with van der Waals surface area (Å²) in [5, 5.41) is 8.68. The average Bonchev–Trinajstić information content (AvgIpc) is 2.29. The van der Waals surface area contributed by atoms with Crippen LogP contribution < -0.4 is 4.90 Å². The Morgan fingerprint density at radius 3 is 2.50 bits per heavy atom. The van der Waals surface area contributed by atoms with Crippen molar-refractivity contribution >= 4 is 5.69 Å². The van der Waals surface area contributed by atoms with Crippen molar-refractivity contribution in [3.63, 3.8) is 0 Å². The molecule has 0 N–H and O–H groups in total. The second-order valence-corrected chi connectivity index (χ2v) is 5.16. The van der Waals surface area contributed by atoms with Crippen LogP contribution in [0.15, 0.2) is 18.3 Å². The summed E-state index contributed by atoms with van der Waals surface area (Å²) >= 11 is 0. The Hall–Kier alpha value is -1.56. The predicted molar refractivity (Wildman–Crippen MR) is 64.2 cm³/mol. The molecule has 1 aromatic heterocycles. The molecular formula is C13H17N3. The van der Waals surface area contributed by atoms with E-state index >= 15 is 0 Å². The molecule has 16 heavy (non-hydrogen) atoms. The highest BCUT2D eigenvalue weighted by Crippen LogP contribution is 2.31. The van der Waals surface area contributed by atoms with Gasteiger partial charge < -0.3 is 4.90 Å². The van der Waals surface area contributed by atoms with Crippen LogP contribution in [0.4, 0.5) is 5.69 Å². The van der Waals surface area contributed by atoms with E-state index in [1.165, 1.54) is 12.8 Å². The molecule has 0 unspecified atom stereocenters. The lowest BCUT2D eigenvalue weighted by molar-refractivity contribution is 0.280. The molecule has 0 spiro atoms. The van der Waals surface area contributed by atoms with E-state index in [2.05, 4.69) is 23.7 Å². The van der Waals surface area contributed by atoms with E-state index in [1.807, 2.05) is 12.1 Å². The molecule has 1 aliphatic heterocycles. The minimum Gasteiger partial charge on any atom is -0.370 e. The Balaban J connectivity index is 2.06. The van der Waals surface area contributed by atoms with Gasteiger partial charge in [-0.05, 0) is 30.4 Å². The molecule has 1 fully saturated rings. The first kappa shape index (κ1) is 10.9. The van der Waals surface area contributed by atoms with Crippen LogP contribution in [-0.2, 0) is 0 Å². The molecule has 0 radical (unpaired) electrons. The van der Waals surface area contributed by atoms with Gasteiger partial charge in [-0.1, -0.05) is 13.8 Å². The Kier molecular flexibility index (Phi) is 2.82. The molecule has 3 heteroatoms. The maximum absolute atomic E-state index is 8.68. The van der Waals surface area contributed by atoms with Crippen molar-refractivity contribution in [3.8, 4) is 6.07 Å². The average molecular weight is 215 g/mol. The van der Waals surface area contributed by atoms with E-state index in [4.69, 9.17) is 5.26 Å². The van der Waals surface area contributed by atoms with Crippen molar-refractivity contribution in [2.45, 2.75) is 26.7 Å². The molecule has 0 aliphatic carbocycles. The van der Waals surface area contributed by atoms with Crippen LogP contribution in [0.2, 0.25) is 0 Å². The molecule has 2 heterocycles. The number of nitriles is 1.